The van der Waals surface area contributed by atoms with Crippen LogP contribution >= 0.6 is 0 Å². The lowest BCUT2D eigenvalue weighted by atomic mass is 10.1. The molecule has 19 heavy (non-hydrogen) atoms. The summed E-state index contributed by atoms with van der Waals surface area (Å²) < 4.78 is 22.0. The SMILES string of the molecule is C[C@H](NC(=O)C(N)CCS(C)(=O)=O)c1cccnc1. The van der Waals surface area contributed by atoms with Crippen molar-refractivity contribution in [3.63, 3.8) is 0 Å². The largest absolute Gasteiger partial charge is 0.348 e. The van der Waals surface area contributed by atoms with Gasteiger partial charge in [0.1, 0.15) is 9.84 Å². The van der Waals surface area contributed by atoms with Crippen LogP contribution in [0, 0.1) is 0 Å². The summed E-state index contributed by atoms with van der Waals surface area (Å²) >= 11 is 0. The number of rotatable bonds is 6. The Labute approximate surface area is 113 Å². The van der Waals surface area contributed by atoms with Crippen LogP contribution in [0.25, 0.3) is 0 Å². The van der Waals surface area contributed by atoms with Crippen LogP contribution in [-0.2, 0) is 14.6 Å². The summed E-state index contributed by atoms with van der Waals surface area (Å²) in [6.45, 7) is 1.82. The van der Waals surface area contributed by atoms with Crippen molar-refractivity contribution >= 4 is 15.7 Å². The van der Waals surface area contributed by atoms with Crippen molar-refractivity contribution in [3.05, 3.63) is 30.1 Å². The second kappa shape index (κ2) is 6.63. The molecule has 0 saturated heterocycles. The topological polar surface area (TPSA) is 102 Å². The van der Waals surface area contributed by atoms with Gasteiger partial charge in [0, 0.05) is 18.6 Å². The maximum atomic E-state index is 11.8. The van der Waals surface area contributed by atoms with Crippen LogP contribution in [0.5, 0.6) is 0 Å². The van der Waals surface area contributed by atoms with Crippen LogP contribution < -0.4 is 11.1 Å². The van der Waals surface area contributed by atoms with Crippen molar-refractivity contribution in [1.29, 1.82) is 0 Å². The van der Waals surface area contributed by atoms with Crippen LogP contribution in [0.1, 0.15) is 24.9 Å². The molecule has 1 rings (SSSR count). The minimum Gasteiger partial charge on any atom is -0.348 e. The van der Waals surface area contributed by atoms with Gasteiger partial charge in [0.15, 0.2) is 0 Å². The Kier molecular flexibility index (Phi) is 5.44. The summed E-state index contributed by atoms with van der Waals surface area (Å²) in [7, 11) is -3.10. The van der Waals surface area contributed by atoms with Gasteiger partial charge in [0.2, 0.25) is 5.91 Å². The monoisotopic (exact) mass is 285 g/mol. The molecule has 0 aliphatic rings. The van der Waals surface area contributed by atoms with Gasteiger partial charge < -0.3 is 11.1 Å². The second-order valence-corrected chi connectivity index (χ2v) is 6.80. The second-order valence-electron chi connectivity index (χ2n) is 4.54. The van der Waals surface area contributed by atoms with Crippen molar-refractivity contribution in [3.8, 4) is 0 Å². The van der Waals surface area contributed by atoms with Crippen molar-refractivity contribution < 1.29 is 13.2 Å². The Morgan fingerprint density at radius 2 is 2.21 bits per heavy atom. The van der Waals surface area contributed by atoms with Crippen molar-refractivity contribution in [2.45, 2.75) is 25.4 Å². The quantitative estimate of drug-likeness (QED) is 0.767. The van der Waals surface area contributed by atoms with E-state index in [2.05, 4.69) is 10.3 Å². The Balaban J connectivity index is 2.50. The van der Waals surface area contributed by atoms with Gasteiger partial charge in [-0.3, -0.25) is 9.78 Å². The highest BCUT2D eigenvalue weighted by atomic mass is 32.2. The highest BCUT2D eigenvalue weighted by Gasteiger charge is 2.18. The van der Waals surface area contributed by atoms with Gasteiger partial charge >= 0.3 is 0 Å². The van der Waals surface area contributed by atoms with Crippen LogP contribution in [-0.4, -0.2) is 37.4 Å². The molecule has 1 amide bonds. The van der Waals surface area contributed by atoms with Crippen molar-refractivity contribution in [2.24, 2.45) is 5.73 Å². The van der Waals surface area contributed by atoms with E-state index in [1.807, 2.05) is 13.0 Å². The lowest BCUT2D eigenvalue weighted by Gasteiger charge is -2.17. The smallest absolute Gasteiger partial charge is 0.237 e. The number of pyridine rings is 1. The minimum absolute atomic E-state index is 0.0944. The first kappa shape index (κ1) is 15.6. The Morgan fingerprint density at radius 3 is 2.74 bits per heavy atom. The number of hydrogen-bond donors (Lipinski definition) is 2. The lowest BCUT2D eigenvalue weighted by Crippen LogP contribution is -2.42. The van der Waals surface area contributed by atoms with Gasteiger partial charge in [0.25, 0.3) is 0 Å². The van der Waals surface area contributed by atoms with Crippen molar-refractivity contribution in [1.82, 2.24) is 10.3 Å². The molecule has 0 aromatic carbocycles. The fourth-order valence-corrected chi connectivity index (χ4v) is 2.19. The molecule has 3 N–H and O–H groups in total. The first-order valence-corrected chi connectivity index (χ1v) is 7.99. The molecule has 106 valence electrons. The molecule has 0 fully saturated rings. The van der Waals surface area contributed by atoms with Gasteiger partial charge in [-0.2, -0.15) is 0 Å². The minimum atomic E-state index is -3.10. The number of nitrogens with one attached hydrogen (secondary N) is 1. The van der Waals surface area contributed by atoms with Crippen LogP contribution in [0.2, 0.25) is 0 Å². The van der Waals surface area contributed by atoms with Gasteiger partial charge in [-0.05, 0) is 25.0 Å². The standard InChI is InChI=1S/C12H19N3O3S/c1-9(10-4-3-6-14-8-10)15-12(16)11(13)5-7-19(2,17)18/h3-4,6,8-9,11H,5,7,13H2,1-2H3,(H,15,16)/t9-,11?/m0/s1. The number of amides is 1. The summed E-state index contributed by atoms with van der Waals surface area (Å²) in [5, 5.41) is 2.73. The molecule has 1 heterocycles. The Morgan fingerprint density at radius 1 is 1.53 bits per heavy atom. The molecule has 1 aromatic heterocycles. The summed E-state index contributed by atoms with van der Waals surface area (Å²) in [5.41, 5.74) is 6.53. The molecule has 0 bridgehead atoms. The van der Waals surface area contributed by atoms with Gasteiger partial charge in [-0.25, -0.2) is 8.42 Å². The zero-order chi connectivity index (χ0) is 14.5. The van der Waals surface area contributed by atoms with Gasteiger partial charge in [-0.15, -0.1) is 0 Å². The molecule has 1 aromatic rings. The fraction of sp³-hybridized carbons (Fsp3) is 0.500. The van der Waals surface area contributed by atoms with E-state index in [1.165, 1.54) is 0 Å². The molecular weight excluding hydrogens is 266 g/mol. The average Bonchev–Trinajstić information content (AvgIpc) is 2.36. The molecule has 7 heteroatoms. The number of sulfone groups is 1. The zero-order valence-electron chi connectivity index (χ0n) is 11.0. The highest BCUT2D eigenvalue weighted by molar-refractivity contribution is 7.90. The number of carbonyl (C=O) groups excluding carboxylic acids is 1. The predicted molar refractivity (Wildman–Crippen MR) is 73.1 cm³/mol. The number of hydrogen-bond acceptors (Lipinski definition) is 5. The number of nitrogens with zero attached hydrogens (tertiary/aromatic N) is 1. The Hall–Kier alpha value is -1.47. The summed E-state index contributed by atoms with van der Waals surface area (Å²) in [4.78, 5) is 15.8. The predicted octanol–water partition coefficient (Wildman–Crippen LogP) is 0.0208. The third kappa shape index (κ3) is 5.80. The van der Waals surface area contributed by atoms with Crippen molar-refractivity contribution in [2.75, 3.05) is 12.0 Å². The summed E-state index contributed by atoms with van der Waals surface area (Å²) in [5.74, 6) is -0.455. The van der Waals surface area contributed by atoms with E-state index in [0.29, 0.717) is 0 Å². The van der Waals surface area contributed by atoms with E-state index >= 15 is 0 Å². The van der Waals surface area contributed by atoms with Gasteiger partial charge in [0.05, 0.1) is 17.8 Å². The van der Waals surface area contributed by atoms with E-state index in [-0.39, 0.29) is 24.1 Å². The van der Waals surface area contributed by atoms with E-state index in [1.54, 1.807) is 18.5 Å². The molecule has 0 aliphatic carbocycles. The van der Waals surface area contributed by atoms with E-state index in [9.17, 15) is 13.2 Å². The first-order chi connectivity index (χ1) is 8.79. The van der Waals surface area contributed by atoms with Crippen LogP contribution in [0.15, 0.2) is 24.5 Å². The molecule has 0 aliphatic heterocycles. The fourth-order valence-electron chi connectivity index (χ4n) is 1.51. The molecule has 0 saturated carbocycles. The van der Waals surface area contributed by atoms with E-state index in [4.69, 9.17) is 5.73 Å². The normalized spacial score (nSPS) is 14.7. The number of nitrogens with two attached hydrogens (primary N) is 1. The van der Waals surface area contributed by atoms with Crippen LogP contribution in [0.3, 0.4) is 0 Å². The molecular formula is C12H19N3O3S. The third-order valence-corrected chi connectivity index (χ3v) is 3.66. The molecule has 0 spiro atoms. The molecule has 1 unspecified atom stereocenters. The molecule has 6 nitrogen and oxygen atoms in total. The lowest BCUT2D eigenvalue weighted by molar-refractivity contribution is -0.123. The maximum Gasteiger partial charge on any atom is 0.237 e. The zero-order valence-corrected chi connectivity index (χ0v) is 11.9. The maximum absolute atomic E-state index is 11.8. The first-order valence-electron chi connectivity index (χ1n) is 5.93. The average molecular weight is 285 g/mol. The number of carbonyl (C=O) groups is 1. The molecule has 2 atom stereocenters. The third-order valence-electron chi connectivity index (χ3n) is 2.68. The Bertz CT molecular complexity index is 516. The van der Waals surface area contributed by atoms with Gasteiger partial charge in [-0.1, -0.05) is 6.07 Å². The van der Waals surface area contributed by atoms with Crippen LogP contribution in [0.4, 0.5) is 0 Å². The summed E-state index contributed by atoms with van der Waals surface area (Å²) in [6.07, 6.45) is 4.54. The van der Waals surface area contributed by atoms with E-state index in [0.717, 1.165) is 11.8 Å². The highest BCUT2D eigenvalue weighted by Crippen LogP contribution is 2.10. The summed E-state index contributed by atoms with van der Waals surface area (Å²) in [6, 6.07) is 2.58. The number of aromatic nitrogens is 1. The molecule has 0 radical (unpaired) electrons. The van der Waals surface area contributed by atoms with E-state index < -0.39 is 15.9 Å².